The van der Waals surface area contributed by atoms with E-state index >= 15 is 0 Å². The molecule has 1 aromatic heterocycles. The molecule has 6 heteroatoms. The predicted molar refractivity (Wildman–Crippen MR) is 158 cm³/mol. The lowest BCUT2D eigenvalue weighted by atomic mass is 9.82. The summed E-state index contributed by atoms with van der Waals surface area (Å²) in [5, 5.41) is 9.75. The second kappa shape index (κ2) is 11.2. The zero-order valence-corrected chi connectivity index (χ0v) is 24.6. The molecule has 1 fully saturated rings. The summed E-state index contributed by atoms with van der Waals surface area (Å²) in [6.07, 6.45) is 5.77. The highest BCUT2D eigenvalue weighted by Crippen LogP contribution is 2.48. The minimum atomic E-state index is -0.729. The smallest absolute Gasteiger partial charge is 0.306 e. The number of carboxylic acid groups (broad SMARTS) is 1. The number of carboxylic acids is 1. The molecule has 5 rings (SSSR count). The lowest BCUT2D eigenvalue weighted by Gasteiger charge is -2.33. The predicted octanol–water partition coefficient (Wildman–Crippen LogP) is 7.27. The van der Waals surface area contributed by atoms with Crippen LogP contribution in [0, 0.1) is 11.8 Å². The summed E-state index contributed by atoms with van der Waals surface area (Å²) >= 11 is 0. The normalized spacial score (nSPS) is 18.5. The molecule has 1 N–H and O–H groups in total. The van der Waals surface area contributed by atoms with Gasteiger partial charge in [-0.1, -0.05) is 37.3 Å². The maximum Gasteiger partial charge on any atom is 0.306 e. The monoisotopic (exact) mass is 542 g/mol. The van der Waals surface area contributed by atoms with E-state index in [2.05, 4.69) is 74.1 Å². The summed E-state index contributed by atoms with van der Waals surface area (Å²) in [4.78, 5) is 18.5. The highest BCUT2D eigenvalue weighted by atomic mass is 16.5. The largest absolute Gasteiger partial charge is 0.485 e. The topological polar surface area (TPSA) is 71.9 Å². The van der Waals surface area contributed by atoms with Crippen molar-refractivity contribution in [2.75, 3.05) is 14.2 Å². The molecule has 0 amide bonds. The first-order valence-electron chi connectivity index (χ1n) is 14.4. The van der Waals surface area contributed by atoms with Crippen LogP contribution in [-0.2, 0) is 17.8 Å². The molecule has 212 valence electrons. The van der Waals surface area contributed by atoms with Crippen molar-refractivity contribution in [3.8, 4) is 22.8 Å². The Morgan fingerprint density at radius 3 is 2.58 bits per heavy atom. The third kappa shape index (κ3) is 6.02. The maximum atomic E-state index is 11.9. The van der Waals surface area contributed by atoms with E-state index in [0.29, 0.717) is 11.8 Å². The van der Waals surface area contributed by atoms with Crippen LogP contribution in [0.5, 0.6) is 11.6 Å². The Labute approximate surface area is 238 Å². The molecule has 1 aliphatic heterocycles. The van der Waals surface area contributed by atoms with Gasteiger partial charge >= 0.3 is 5.97 Å². The molecule has 0 saturated heterocycles. The van der Waals surface area contributed by atoms with Gasteiger partial charge in [0.2, 0.25) is 5.88 Å². The van der Waals surface area contributed by atoms with Gasteiger partial charge in [0, 0.05) is 24.3 Å². The van der Waals surface area contributed by atoms with Crippen molar-refractivity contribution < 1.29 is 19.4 Å². The molecule has 2 heterocycles. The van der Waals surface area contributed by atoms with E-state index in [0.717, 1.165) is 60.2 Å². The first-order chi connectivity index (χ1) is 19.0. The summed E-state index contributed by atoms with van der Waals surface area (Å²) < 4.78 is 12.1. The van der Waals surface area contributed by atoms with Crippen molar-refractivity contribution >= 4 is 5.97 Å². The van der Waals surface area contributed by atoms with Gasteiger partial charge in [-0.25, -0.2) is 4.98 Å². The standard InChI is InChI=1S/C34H42N2O4/c1-21(33(37)38)32(23-8-9-23)26-10-7-22-12-14-29(40-30(22)18-26)25-11-13-28(24-15-16-35-31(19-24)39-6)27(17-25)20-36(5)34(2,3)4/h7,10-11,13,15-19,21,23,29,32H,8-9,12,14,20H2,1-6H3,(H,37,38)/t21-,29?,32-/m0/s1. The Balaban J connectivity index is 1.46. The molecule has 1 saturated carbocycles. The van der Waals surface area contributed by atoms with E-state index in [-0.39, 0.29) is 17.6 Å². The van der Waals surface area contributed by atoms with E-state index in [9.17, 15) is 9.90 Å². The summed E-state index contributed by atoms with van der Waals surface area (Å²) in [6.45, 7) is 9.31. The number of hydrogen-bond donors (Lipinski definition) is 1. The minimum absolute atomic E-state index is 0.0189. The fourth-order valence-electron chi connectivity index (χ4n) is 5.81. The third-order valence-electron chi connectivity index (χ3n) is 8.79. The second-order valence-corrected chi connectivity index (χ2v) is 12.5. The molecule has 0 bridgehead atoms. The molecule has 3 atom stereocenters. The number of ether oxygens (including phenoxy) is 2. The molecule has 6 nitrogen and oxygen atoms in total. The summed E-state index contributed by atoms with van der Waals surface area (Å²) in [5.41, 5.74) is 6.94. The number of benzene rings is 2. The molecule has 1 aliphatic carbocycles. The Morgan fingerprint density at radius 1 is 1.12 bits per heavy atom. The lowest BCUT2D eigenvalue weighted by Crippen LogP contribution is -2.37. The number of pyridine rings is 1. The SMILES string of the molecule is COc1cc(-c2ccc(C3CCc4ccc([C@H](C5CC5)[C@H](C)C(=O)O)cc4O3)cc2CN(C)C(C)(C)C)ccn1. The number of aryl methyl sites for hydroxylation is 1. The quantitative estimate of drug-likeness (QED) is 0.307. The van der Waals surface area contributed by atoms with Crippen molar-refractivity contribution in [2.24, 2.45) is 11.8 Å². The Morgan fingerprint density at radius 2 is 1.90 bits per heavy atom. The second-order valence-electron chi connectivity index (χ2n) is 12.5. The first kappa shape index (κ1) is 28.2. The first-order valence-corrected chi connectivity index (χ1v) is 14.4. The number of hydrogen-bond acceptors (Lipinski definition) is 5. The van der Waals surface area contributed by atoms with Gasteiger partial charge < -0.3 is 14.6 Å². The fourth-order valence-corrected chi connectivity index (χ4v) is 5.81. The molecule has 0 spiro atoms. The van der Waals surface area contributed by atoms with Gasteiger partial charge in [0.25, 0.3) is 0 Å². The van der Waals surface area contributed by atoms with Crippen LogP contribution in [0.3, 0.4) is 0 Å². The molecule has 2 aromatic carbocycles. The van der Waals surface area contributed by atoms with Crippen molar-refractivity contribution in [2.45, 2.75) is 77.5 Å². The van der Waals surface area contributed by atoms with Gasteiger partial charge in [0.05, 0.1) is 13.0 Å². The average Bonchev–Trinajstić information content (AvgIpc) is 3.77. The highest BCUT2D eigenvalue weighted by molar-refractivity contribution is 5.71. The van der Waals surface area contributed by atoms with Crippen LogP contribution >= 0.6 is 0 Å². The lowest BCUT2D eigenvalue weighted by molar-refractivity contribution is -0.142. The Hall–Kier alpha value is -3.38. The molecule has 0 radical (unpaired) electrons. The number of methoxy groups -OCH3 is 1. The van der Waals surface area contributed by atoms with Crippen molar-refractivity contribution in [3.63, 3.8) is 0 Å². The van der Waals surface area contributed by atoms with Crippen LogP contribution in [-0.4, -0.2) is 40.7 Å². The third-order valence-corrected chi connectivity index (χ3v) is 8.79. The Bertz CT molecular complexity index is 1370. The van der Waals surface area contributed by atoms with Crippen LogP contribution in [0.4, 0.5) is 0 Å². The van der Waals surface area contributed by atoms with E-state index in [1.165, 1.54) is 11.1 Å². The van der Waals surface area contributed by atoms with Crippen molar-refractivity contribution in [1.82, 2.24) is 9.88 Å². The van der Waals surface area contributed by atoms with Gasteiger partial charge in [-0.2, -0.15) is 0 Å². The molecule has 3 aromatic rings. The Kier molecular flexibility index (Phi) is 7.92. The molecule has 40 heavy (non-hydrogen) atoms. The van der Waals surface area contributed by atoms with E-state index < -0.39 is 11.9 Å². The number of rotatable bonds is 9. The van der Waals surface area contributed by atoms with Crippen molar-refractivity contribution in [1.29, 1.82) is 0 Å². The number of nitrogens with zero attached hydrogens (tertiary/aromatic N) is 2. The molecular formula is C34H42N2O4. The number of fused-ring (bicyclic) bond motifs is 1. The summed E-state index contributed by atoms with van der Waals surface area (Å²) in [5.74, 6) is 0.836. The van der Waals surface area contributed by atoms with Crippen LogP contribution in [0.2, 0.25) is 0 Å². The van der Waals surface area contributed by atoms with Crippen LogP contribution < -0.4 is 9.47 Å². The van der Waals surface area contributed by atoms with Gasteiger partial charge in [-0.15, -0.1) is 0 Å². The van der Waals surface area contributed by atoms with Crippen LogP contribution in [0.1, 0.15) is 81.2 Å². The molecule has 2 aliphatic rings. The van der Waals surface area contributed by atoms with Crippen molar-refractivity contribution in [3.05, 3.63) is 77.0 Å². The zero-order chi connectivity index (χ0) is 28.6. The number of aliphatic carboxylic acids is 1. The van der Waals surface area contributed by atoms with Gasteiger partial charge in [-0.05, 0) is 111 Å². The van der Waals surface area contributed by atoms with Crippen LogP contribution in [0.15, 0.2) is 54.7 Å². The average molecular weight is 543 g/mol. The maximum absolute atomic E-state index is 11.9. The van der Waals surface area contributed by atoms with Gasteiger partial charge in [0.1, 0.15) is 11.9 Å². The minimum Gasteiger partial charge on any atom is -0.485 e. The highest BCUT2D eigenvalue weighted by Gasteiger charge is 2.39. The number of carbonyl (C=O) groups is 1. The van der Waals surface area contributed by atoms with E-state index in [1.807, 2.05) is 19.1 Å². The van der Waals surface area contributed by atoms with Crippen LogP contribution in [0.25, 0.3) is 11.1 Å². The summed E-state index contributed by atoms with van der Waals surface area (Å²) in [7, 11) is 3.80. The molecular weight excluding hydrogens is 500 g/mol. The van der Waals surface area contributed by atoms with Gasteiger partial charge in [0.15, 0.2) is 0 Å². The zero-order valence-electron chi connectivity index (χ0n) is 24.6. The fraction of sp³-hybridized carbons (Fsp3) is 0.471. The van der Waals surface area contributed by atoms with Gasteiger partial charge in [-0.3, -0.25) is 9.69 Å². The number of aromatic nitrogens is 1. The van der Waals surface area contributed by atoms with E-state index in [1.54, 1.807) is 13.3 Å². The summed E-state index contributed by atoms with van der Waals surface area (Å²) in [6, 6.07) is 17.1. The molecule has 1 unspecified atom stereocenters. The van der Waals surface area contributed by atoms with E-state index in [4.69, 9.17) is 9.47 Å².